The highest BCUT2D eigenvalue weighted by molar-refractivity contribution is 7.84. The minimum absolute atomic E-state index is 0.153. The van der Waals surface area contributed by atoms with Gasteiger partial charge in [-0.25, -0.2) is 0 Å². The van der Waals surface area contributed by atoms with E-state index in [0.29, 0.717) is 28.8 Å². The monoisotopic (exact) mass is 339 g/mol. The maximum absolute atomic E-state index is 12.3. The van der Waals surface area contributed by atoms with Crippen LogP contribution in [0.1, 0.15) is 30.2 Å². The third-order valence-corrected chi connectivity index (χ3v) is 5.11. The van der Waals surface area contributed by atoms with Crippen LogP contribution < -0.4 is 0 Å². The van der Waals surface area contributed by atoms with Crippen molar-refractivity contribution in [2.45, 2.75) is 24.5 Å². The van der Waals surface area contributed by atoms with E-state index in [1.165, 1.54) is 0 Å². The SMILES string of the molecule is CCN(CC)C(=O)c1ccc(CS(=O)c2ccccc2Cl)o1. The highest BCUT2D eigenvalue weighted by Gasteiger charge is 2.18. The van der Waals surface area contributed by atoms with E-state index in [1.54, 1.807) is 41.3 Å². The fourth-order valence-electron chi connectivity index (χ4n) is 2.07. The van der Waals surface area contributed by atoms with E-state index in [9.17, 15) is 9.00 Å². The molecule has 0 aliphatic carbocycles. The van der Waals surface area contributed by atoms with Crippen LogP contribution in [0.4, 0.5) is 0 Å². The summed E-state index contributed by atoms with van der Waals surface area (Å²) in [5.74, 6) is 0.818. The molecule has 1 atom stereocenters. The topological polar surface area (TPSA) is 50.5 Å². The van der Waals surface area contributed by atoms with E-state index in [0.717, 1.165) is 0 Å². The normalized spacial score (nSPS) is 12.1. The van der Waals surface area contributed by atoms with Crippen molar-refractivity contribution >= 4 is 28.3 Å². The zero-order chi connectivity index (χ0) is 16.1. The molecule has 0 saturated carbocycles. The summed E-state index contributed by atoms with van der Waals surface area (Å²) >= 11 is 6.04. The van der Waals surface area contributed by atoms with Gasteiger partial charge in [-0.15, -0.1) is 0 Å². The van der Waals surface area contributed by atoms with Gasteiger partial charge in [0.1, 0.15) is 5.76 Å². The van der Waals surface area contributed by atoms with Crippen molar-refractivity contribution in [1.29, 1.82) is 0 Å². The zero-order valence-corrected chi connectivity index (χ0v) is 14.1. The van der Waals surface area contributed by atoms with Crippen molar-refractivity contribution in [3.8, 4) is 0 Å². The standard InChI is InChI=1S/C16H18ClNO3S/c1-3-18(4-2)16(19)14-10-9-12(21-14)11-22(20)15-8-6-5-7-13(15)17/h5-10H,3-4,11H2,1-2H3. The second-order valence-corrected chi connectivity index (χ2v) is 6.49. The number of nitrogens with zero attached hydrogens (tertiary/aromatic N) is 1. The zero-order valence-electron chi connectivity index (χ0n) is 12.5. The number of hydrogen-bond acceptors (Lipinski definition) is 3. The van der Waals surface area contributed by atoms with Crippen LogP contribution in [0.25, 0.3) is 0 Å². The molecule has 0 bridgehead atoms. The molecule has 1 unspecified atom stereocenters. The van der Waals surface area contributed by atoms with Crippen LogP contribution in [0.15, 0.2) is 45.7 Å². The number of carbonyl (C=O) groups excluding carboxylic acids is 1. The number of halogens is 1. The van der Waals surface area contributed by atoms with Crippen LogP contribution in [0.2, 0.25) is 5.02 Å². The van der Waals surface area contributed by atoms with Gasteiger partial charge in [0.2, 0.25) is 0 Å². The molecule has 118 valence electrons. The van der Waals surface area contributed by atoms with E-state index in [-0.39, 0.29) is 17.4 Å². The molecule has 6 heteroatoms. The van der Waals surface area contributed by atoms with Crippen LogP contribution in [-0.4, -0.2) is 28.1 Å². The number of carbonyl (C=O) groups is 1. The summed E-state index contributed by atoms with van der Waals surface area (Å²) in [4.78, 5) is 14.4. The Morgan fingerprint density at radius 1 is 1.18 bits per heavy atom. The molecule has 0 aliphatic rings. The molecular formula is C16H18ClNO3S. The Balaban J connectivity index is 2.11. The maximum atomic E-state index is 12.3. The van der Waals surface area contributed by atoms with Crippen LogP contribution in [0.3, 0.4) is 0 Å². The molecule has 1 aromatic carbocycles. The van der Waals surface area contributed by atoms with Crippen molar-refractivity contribution in [3.05, 3.63) is 52.9 Å². The Morgan fingerprint density at radius 3 is 2.50 bits per heavy atom. The molecule has 0 saturated heterocycles. The van der Waals surface area contributed by atoms with Gasteiger partial charge < -0.3 is 9.32 Å². The van der Waals surface area contributed by atoms with Gasteiger partial charge in [0.25, 0.3) is 5.91 Å². The number of benzene rings is 1. The van der Waals surface area contributed by atoms with Crippen molar-refractivity contribution in [1.82, 2.24) is 4.90 Å². The molecular weight excluding hydrogens is 322 g/mol. The lowest BCUT2D eigenvalue weighted by atomic mass is 10.3. The molecule has 1 heterocycles. The lowest BCUT2D eigenvalue weighted by Crippen LogP contribution is -2.30. The van der Waals surface area contributed by atoms with Crippen LogP contribution in [0, 0.1) is 0 Å². The molecule has 0 aliphatic heterocycles. The molecule has 0 fully saturated rings. The first-order valence-corrected chi connectivity index (χ1v) is 8.77. The molecule has 1 aromatic heterocycles. The summed E-state index contributed by atoms with van der Waals surface area (Å²) in [5, 5.41) is 0.465. The molecule has 0 N–H and O–H groups in total. The largest absolute Gasteiger partial charge is 0.455 e. The van der Waals surface area contributed by atoms with E-state index in [1.807, 2.05) is 13.8 Å². The second-order valence-electron chi connectivity index (χ2n) is 4.66. The fourth-order valence-corrected chi connectivity index (χ4v) is 3.55. The van der Waals surface area contributed by atoms with Crippen molar-refractivity contribution in [2.75, 3.05) is 13.1 Å². The molecule has 22 heavy (non-hydrogen) atoms. The molecule has 0 radical (unpaired) electrons. The second kappa shape index (κ2) is 7.61. The smallest absolute Gasteiger partial charge is 0.289 e. The maximum Gasteiger partial charge on any atom is 0.289 e. The van der Waals surface area contributed by atoms with E-state index < -0.39 is 10.8 Å². The van der Waals surface area contributed by atoms with Gasteiger partial charge in [0, 0.05) is 13.1 Å². The third kappa shape index (κ3) is 3.78. The van der Waals surface area contributed by atoms with Gasteiger partial charge in [0.05, 0.1) is 26.5 Å². The molecule has 0 spiro atoms. The Morgan fingerprint density at radius 2 is 1.86 bits per heavy atom. The first-order valence-electron chi connectivity index (χ1n) is 7.07. The Hall–Kier alpha value is -1.59. The molecule has 2 rings (SSSR count). The first kappa shape index (κ1) is 16.8. The van der Waals surface area contributed by atoms with Gasteiger partial charge in [-0.1, -0.05) is 23.7 Å². The minimum atomic E-state index is -1.31. The highest BCUT2D eigenvalue weighted by atomic mass is 35.5. The van der Waals surface area contributed by atoms with Crippen LogP contribution >= 0.6 is 11.6 Å². The summed E-state index contributed by atoms with van der Waals surface area (Å²) in [6, 6.07) is 10.3. The number of furan rings is 1. The first-order chi connectivity index (χ1) is 10.6. The number of hydrogen-bond donors (Lipinski definition) is 0. The molecule has 2 aromatic rings. The Kier molecular flexibility index (Phi) is 5.80. The van der Waals surface area contributed by atoms with Crippen molar-refractivity contribution in [3.63, 3.8) is 0 Å². The lowest BCUT2D eigenvalue weighted by Gasteiger charge is -2.16. The summed E-state index contributed by atoms with van der Waals surface area (Å²) < 4.78 is 17.9. The summed E-state index contributed by atoms with van der Waals surface area (Å²) in [6.45, 7) is 5.07. The van der Waals surface area contributed by atoms with Gasteiger partial charge in [-0.05, 0) is 38.1 Å². The fraction of sp³-hybridized carbons (Fsp3) is 0.312. The highest BCUT2D eigenvalue weighted by Crippen LogP contribution is 2.22. The quantitative estimate of drug-likeness (QED) is 0.805. The van der Waals surface area contributed by atoms with Gasteiger partial charge in [0.15, 0.2) is 5.76 Å². The van der Waals surface area contributed by atoms with Gasteiger partial charge in [-0.2, -0.15) is 0 Å². The Bertz CT molecular complexity index is 680. The lowest BCUT2D eigenvalue weighted by molar-refractivity contribution is 0.0739. The van der Waals surface area contributed by atoms with Crippen molar-refractivity contribution in [2.24, 2.45) is 0 Å². The molecule has 1 amide bonds. The van der Waals surface area contributed by atoms with Crippen LogP contribution in [0.5, 0.6) is 0 Å². The average Bonchev–Trinajstić information content (AvgIpc) is 2.97. The van der Waals surface area contributed by atoms with Gasteiger partial charge in [-0.3, -0.25) is 9.00 Å². The average molecular weight is 340 g/mol. The van der Waals surface area contributed by atoms with Crippen molar-refractivity contribution < 1.29 is 13.4 Å². The van der Waals surface area contributed by atoms with Crippen LogP contribution in [-0.2, 0) is 16.6 Å². The number of rotatable bonds is 6. The summed E-state index contributed by atoms with van der Waals surface area (Å²) in [6.07, 6.45) is 0. The third-order valence-electron chi connectivity index (χ3n) is 3.28. The summed E-state index contributed by atoms with van der Waals surface area (Å²) in [5.41, 5.74) is 0. The molecule has 4 nitrogen and oxygen atoms in total. The predicted molar refractivity (Wildman–Crippen MR) is 87.5 cm³/mol. The van der Waals surface area contributed by atoms with E-state index in [4.69, 9.17) is 16.0 Å². The number of amides is 1. The summed E-state index contributed by atoms with van der Waals surface area (Å²) in [7, 11) is -1.31. The predicted octanol–water partition coefficient (Wildman–Crippen LogP) is 3.72. The Labute approximate surface area is 137 Å². The van der Waals surface area contributed by atoms with Gasteiger partial charge >= 0.3 is 0 Å². The minimum Gasteiger partial charge on any atom is -0.455 e. The van der Waals surface area contributed by atoms with E-state index >= 15 is 0 Å². The van der Waals surface area contributed by atoms with E-state index in [2.05, 4.69) is 0 Å².